The second kappa shape index (κ2) is 7.24. The summed E-state index contributed by atoms with van der Waals surface area (Å²) in [7, 11) is 0. The molecule has 0 aliphatic heterocycles. The molecule has 5 nitrogen and oxygen atoms in total. The van der Waals surface area contributed by atoms with E-state index in [-0.39, 0.29) is 24.1 Å². The molecule has 0 saturated heterocycles. The Balaban J connectivity index is 1.78. The van der Waals surface area contributed by atoms with Crippen LogP contribution in [0.1, 0.15) is 29.3 Å². The highest BCUT2D eigenvalue weighted by Crippen LogP contribution is 2.20. The van der Waals surface area contributed by atoms with E-state index in [0.29, 0.717) is 12.1 Å². The molecule has 21 heavy (non-hydrogen) atoms. The summed E-state index contributed by atoms with van der Waals surface area (Å²) in [6.07, 6.45) is 0.0149. The van der Waals surface area contributed by atoms with Crippen molar-refractivity contribution in [1.29, 1.82) is 0 Å². The van der Waals surface area contributed by atoms with E-state index in [1.165, 1.54) is 0 Å². The fourth-order valence-corrected chi connectivity index (χ4v) is 2.24. The lowest BCUT2D eigenvalue weighted by Crippen LogP contribution is -2.28. The highest BCUT2D eigenvalue weighted by Gasteiger charge is 2.13. The molecule has 1 aromatic carbocycles. The van der Waals surface area contributed by atoms with Crippen molar-refractivity contribution in [3.05, 3.63) is 52.4 Å². The van der Waals surface area contributed by atoms with Crippen LogP contribution >= 0.6 is 11.6 Å². The van der Waals surface area contributed by atoms with E-state index in [2.05, 4.69) is 10.5 Å². The summed E-state index contributed by atoms with van der Waals surface area (Å²) in [5.41, 5.74) is 2.21. The Kier molecular flexibility index (Phi) is 5.36. The van der Waals surface area contributed by atoms with Gasteiger partial charge < -0.3 is 14.9 Å². The third-order valence-electron chi connectivity index (χ3n) is 3.22. The maximum Gasteiger partial charge on any atom is 0.229 e. The Hall–Kier alpha value is -1.85. The van der Waals surface area contributed by atoms with E-state index in [1.807, 2.05) is 30.3 Å². The largest absolute Gasteiger partial charge is 0.387 e. The second-order valence-electron chi connectivity index (χ2n) is 4.75. The molecule has 0 unspecified atom stereocenters. The van der Waals surface area contributed by atoms with Gasteiger partial charge in [0.15, 0.2) is 0 Å². The van der Waals surface area contributed by atoms with Gasteiger partial charge in [-0.25, -0.2) is 0 Å². The average Bonchev–Trinajstić information content (AvgIpc) is 2.82. The van der Waals surface area contributed by atoms with Crippen molar-refractivity contribution >= 4 is 17.5 Å². The van der Waals surface area contributed by atoms with E-state index < -0.39 is 6.10 Å². The van der Waals surface area contributed by atoms with E-state index in [0.717, 1.165) is 11.1 Å². The number of carbonyl (C=O) groups excluding carboxylic acids is 1. The van der Waals surface area contributed by atoms with Crippen LogP contribution < -0.4 is 5.32 Å². The molecule has 2 N–H and O–H groups in total. The van der Waals surface area contributed by atoms with Crippen LogP contribution in [0.4, 0.5) is 0 Å². The normalized spacial score (nSPS) is 12.1. The summed E-state index contributed by atoms with van der Waals surface area (Å²) in [6.45, 7) is 1.96. The summed E-state index contributed by atoms with van der Waals surface area (Å²) in [5, 5.41) is 16.6. The number of aliphatic hydroxyl groups excluding tert-OH is 1. The van der Waals surface area contributed by atoms with Crippen LogP contribution in [-0.4, -0.2) is 22.7 Å². The van der Waals surface area contributed by atoms with Crippen LogP contribution in [0.15, 0.2) is 34.9 Å². The second-order valence-corrected chi connectivity index (χ2v) is 5.09. The summed E-state index contributed by atoms with van der Waals surface area (Å²) in [4.78, 5) is 11.8. The fourth-order valence-electron chi connectivity index (χ4n) is 1.97. The van der Waals surface area contributed by atoms with Crippen molar-refractivity contribution < 1.29 is 14.4 Å². The molecule has 0 bridgehead atoms. The molecule has 0 fully saturated rings. The first-order chi connectivity index (χ1) is 10.1. The fraction of sp³-hybridized carbons (Fsp3) is 0.333. The predicted octanol–water partition coefficient (Wildman–Crippen LogP) is 2.42. The quantitative estimate of drug-likeness (QED) is 0.859. The van der Waals surface area contributed by atoms with Crippen molar-refractivity contribution in [3.63, 3.8) is 0 Å². The summed E-state index contributed by atoms with van der Waals surface area (Å²) >= 11 is 5.84. The minimum atomic E-state index is -0.712. The van der Waals surface area contributed by atoms with Gasteiger partial charge in [-0.15, -0.1) is 0 Å². The number of nitrogens with zero attached hydrogens (tertiary/aromatic N) is 1. The van der Waals surface area contributed by atoms with Gasteiger partial charge in [0.2, 0.25) is 11.1 Å². The molecule has 0 saturated carbocycles. The lowest BCUT2D eigenvalue weighted by Gasteiger charge is -2.12. The monoisotopic (exact) mass is 308 g/mol. The van der Waals surface area contributed by atoms with Crippen molar-refractivity contribution in [2.45, 2.75) is 25.9 Å². The van der Waals surface area contributed by atoms with Gasteiger partial charge >= 0.3 is 0 Å². The van der Waals surface area contributed by atoms with E-state index >= 15 is 0 Å². The summed E-state index contributed by atoms with van der Waals surface area (Å²) in [5.74, 6) is -0.151. The summed E-state index contributed by atoms with van der Waals surface area (Å²) < 4.78 is 4.83. The molecule has 1 heterocycles. The minimum Gasteiger partial charge on any atom is -0.387 e. The Morgan fingerprint density at radius 3 is 2.76 bits per heavy atom. The molecule has 0 aliphatic carbocycles. The first-order valence-electron chi connectivity index (χ1n) is 6.68. The number of halogens is 1. The zero-order valence-electron chi connectivity index (χ0n) is 11.7. The molecule has 1 amide bonds. The molecular weight excluding hydrogens is 292 g/mol. The van der Waals surface area contributed by atoms with Crippen molar-refractivity contribution in [1.82, 2.24) is 10.5 Å². The van der Waals surface area contributed by atoms with Gasteiger partial charge in [0.25, 0.3) is 0 Å². The Labute approximate surface area is 127 Å². The maximum atomic E-state index is 11.8. The lowest BCUT2D eigenvalue weighted by molar-refractivity contribution is -0.121. The number of hydrogen-bond acceptors (Lipinski definition) is 4. The number of benzene rings is 1. The van der Waals surface area contributed by atoms with Gasteiger partial charge in [-0.3, -0.25) is 4.79 Å². The van der Waals surface area contributed by atoms with Gasteiger partial charge in [-0.2, -0.15) is 0 Å². The van der Waals surface area contributed by atoms with E-state index in [4.69, 9.17) is 16.1 Å². The van der Waals surface area contributed by atoms with Crippen LogP contribution in [0, 0.1) is 6.92 Å². The number of nitrogens with one attached hydrogen (secondary N) is 1. The number of hydrogen-bond donors (Lipinski definition) is 2. The number of aliphatic hydroxyl groups is 1. The molecule has 0 radical (unpaired) electrons. The number of rotatable bonds is 6. The van der Waals surface area contributed by atoms with Crippen LogP contribution in [-0.2, 0) is 11.2 Å². The molecule has 0 spiro atoms. The number of aryl methyl sites for hydroxylation is 1. The van der Waals surface area contributed by atoms with Gasteiger partial charge in [0.1, 0.15) is 0 Å². The first kappa shape index (κ1) is 15.5. The van der Waals surface area contributed by atoms with Crippen LogP contribution in [0.25, 0.3) is 0 Å². The Bertz CT molecular complexity index is 579. The molecule has 2 rings (SSSR count). The number of carbonyl (C=O) groups is 1. The minimum absolute atomic E-state index is 0.151. The average molecular weight is 309 g/mol. The first-order valence-corrected chi connectivity index (χ1v) is 7.06. The highest BCUT2D eigenvalue weighted by molar-refractivity contribution is 6.29. The molecule has 0 aliphatic rings. The lowest BCUT2D eigenvalue weighted by atomic mass is 10.1. The van der Waals surface area contributed by atoms with Crippen molar-refractivity contribution in [2.24, 2.45) is 0 Å². The molecule has 112 valence electrons. The SMILES string of the molecule is Cc1noc(Cl)c1CCC(=O)NC[C@@H](O)c1ccccc1. The molecule has 2 aromatic rings. The predicted molar refractivity (Wildman–Crippen MR) is 79.0 cm³/mol. The van der Waals surface area contributed by atoms with Crippen LogP contribution in [0.5, 0.6) is 0 Å². The van der Waals surface area contributed by atoms with Gasteiger partial charge in [-0.05, 0) is 30.5 Å². The van der Waals surface area contributed by atoms with E-state index in [9.17, 15) is 9.90 Å². The maximum absolute atomic E-state index is 11.8. The van der Waals surface area contributed by atoms with E-state index in [1.54, 1.807) is 6.92 Å². The van der Waals surface area contributed by atoms with Gasteiger partial charge in [-0.1, -0.05) is 35.5 Å². The Morgan fingerprint density at radius 1 is 1.43 bits per heavy atom. The van der Waals surface area contributed by atoms with Crippen molar-refractivity contribution in [3.8, 4) is 0 Å². The third-order valence-corrected chi connectivity index (χ3v) is 3.51. The van der Waals surface area contributed by atoms with Crippen molar-refractivity contribution in [2.75, 3.05) is 6.54 Å². The zero-order valence-corrected chi connectivity index (χ0v) is 12.4. The molecule has 1 aromatic heterocycles. The number of amides is 1. The standard InChI is InChI=1S/C15H17ClN2O3/c1-10-12(15(16)21-18-10)7-8-14(20)17-9-13(19)11-5-3-2-4-6-11/h2-6,13,19H,7-9H2,1H3,(H,17,20)/t13-/m1/s1. The Morgan fingerprint density at radius 2 is 2.14 bits per heavy atom. The topological polar surface area (TPSA) is 75.4 Å². The van der Waals surface area contributed by atoms with Crippen LogP contribution in [0.3, 0.4) is 0 Å². The molecule has 6 heteroatoms. The smallest absolute Gasteiger partial charge is 0.229 e. The molecule has 1 atom stereocenters. The van der Waals surface area contributed by atoms with Gasteiger partial charge in [0.05, 0.1) is 11.8 Å². The number of aromatic nitrogens is 1. The zero-order chi connectivity index (χ0) is 15.2. The molecular formula is C15H17ClN2O3. The van der Waals surface area contributed by atoms with Gasteiger partial charge in [0, 0.05) is 18.5 Å². The van der Waals surface area contributed by atoms with Crippen LogP contribution in [0.2, 0.25) is 5.22 Å². The summed E-state index contributed by atoms with van der Waals surface area (Å²) in [6, 6.07) is 9.20. The third kappa shape index (κ3) is 4.31. The highest BCUT2D eigenvalue weighted by atomic mass is 35.5.